The minimum Gasteiger partial charge on any atom is -0.497 e. The van der Waals surface area contributed by atoms with Crippen molar-refractivity contribution in [1.82, 2.24) is 4.98 Å². The van der Waals surface area contributed by atoms with Gasteiger partial charge in [-0.05, 0) is 12.1 Å². The van der Waals surface area contributed by atoms with Crippen molar-refractivity contribution in [3.05, 3.63) is 42.2 Å². The fourth-order valence-electron chi connectivity index (χ4n) is 1.96. The number of hydrogen-bond acceptors (Lipinski definition) is 7. The zero-order chi connectivity index (χ0) is 16.8. The number of pyridine rings is 1. The molecule has 1 heterocycles. The van der Waals surface area contributed by atoms with Gasteiger partial charge in [-0.2, -0.15) is 0 Å². The molecule has 2 aromatic rings. The van der Waals surface area contributed by atoms with Gasteiger partial charge in [0.25, 0.3) is 0 Å². The number of fused-ring (bicyclic) bond motifs is 1. The van der Waals surface area contributed by atoms with Gasteiger partial charge in [-0.1, -0.05) is 6.07 Å². The third-order valence-corrected chi connectivity index (χ3v) is 3.05. The van der Waals surface area contributed by atoms with E-state index >= 15 is 0 Å². The number of nitrogens with one attached hydrogen (secondary N) is 1. The number of aromatic nitrogens is 1. The molecule has 0 aliphatic rings. The molecule has 0 unspecified atom stereocenters. The Labute approximate surface area is 132 Å². The second-order valence-corrected chi connectivity index (χ2v) is 4.45. The van der Waals surface area contributed by atoms with E-state index in [0.717, 1.165) is 11.5 Å². The number of anilines is 1. The lowest BCUT2D eigenvalue weighted by molar-refractivity contribution is -0.138. The van der Waals surface area contributed by atoms with Gasteiger partial charge in [0.1, 0.15) is 11.4 Å². The molecule has 0 spiro atoms. The number of hydrogen-bond donors (Lipinski definition) is 1. The van der Waals surface area contributed by atoms with Crippen molar-refractivity contribution in [2.75, 3.05) is 26.6 Å². The molecular formula is C16H16N2O5. The van der Waals surface area contributed by atoms with Crippen LogP contribution in [-0.4, -0.2) is 38.3 Å². The monoisotopic (exact) mass is 316 g/mol. The molecule has 2 rings (SSSR count). The average molecular weight is 316 g/mol. The van der Waals surface area contributed by atoms with E-state index in [1.165, 1.54) is 21.3 Å². The first kappa shape index (κ1) is 16.3. The van der Waals surface area contributed by atoms with Crippen LogP contribution >= 0.6 is 0 Å². The molecule has 120 valence electrons. The van der Waals surface area contributed by atoms with Crippen LogP contribution in [0.5, 0.6) is 5.75 Å². The van der Waals surface area contributed by atoms with Crippen LogP contribution in [0.1, 0.15) is 0 Å². The summed E-state index contributed by atoms with van der Waals surface area (Å²) in [7, 11) is 3.97. The van der Waals surface area contributed by atoms with Crippen LogP contribution in [0.3, 0.4) is 0 Å². The molecule has 0 saturated carbocycles. The summed E-state index contributed by atoms with van der Waals surface area (Å²) in [5.41, 5.74) is 1.05. The molecule has 1 aromatic heterocycles. The van der Waals surface area contributed by atoms with Crippen molar-refractivity contribution in [3.8, 4) is 5.75 Å². The summed E-state index contributed by atoms with van der Waals surface area (Å²) in [5.74, 6) is -0.810. The number of esters is 2. The summed E-state index contributed by atoms with van der Waals surface area (Å²) in [4.78, 5) is 27.6. The van der Waals surface area contributed by atoms with E-state index in [9.17, 15) is 9.59 Å². The molecule has 1 aromatic carbocycles. The topological polar surface area (TPSA) is 86.8 Å². The molecular weight excluding hydrogens is 300 g/mol. The van der Waals surface area contributed by atoms with Crippen molar-refractivity contribution < 1.29 is 23.8 Å². The lowest BCUT2D eigenvalue weighted by Crippen LogP contribution is -2.15. The van der Waals surface area contributed by atoms with Crippen LogP contribution in [0.15, 0.2) is 42.2 Å². The van der Waals surface area contributed by atoms with Gasteiger partial charge in [-0.3, -0.25) is 4.98 Å². The van der Waals surface area contributed by atoms with Crippen LogP contribution in [-0.2, 0) is 19.1 Å². The quantitative estimate of drug-likeness (QED) is 0.665. The SMILES string of the molecule is COC(=O)C=C(Nc1cc(OC)cc2cccnc12)C(=O)OC. The Kier molecular flexibility index (Phi) is 5.14. The second-order valence-electron chi connectivity index (χ2n) is 4.45. The van der Waals surface area contributed by atoms with Gasteiger partial charge in [0.05, 0.1) is 38.6 Å². The Morgan fingerprint density at radius 2 is 1.96 bits per heavy atom. The maximum atomic E-state index is 11.8. The first-order valence-corrected chi connectivity index (χ1v) is 6.66. The number of nitrogens with zero attached hydrogens (tertiary/aromatic N) is 1. The van der Waals surface area contributed by atoms with Crippen LogP contribution in [0, 0.1) is 0 Å². The predicted molar refractivity (Wildman–Crippen MR) is 84.0 cm³/mol. The largest absolute Gasteiger partial charge is 0.497 e. The van der Waals surface area contributed by atoms with Crippen molar-refractivity contribution in [2.24, 2.45) is 0 Å². The summed E-state index contributed by atoms with van der Waals surface area (Å²) in [5, 5.41) is 3.67. The van der Waals surface area contributed by atoms with E-state index in [0.29, 0.717) is 17.0 Å². The summed E-state index contributed by atoms with van der Waals surface area (Å²) >= 11 is 0. The standard InChI is InChI=1S/C16H16N2O5/c1-21-11-7-10-5-4-6-17-15(10)12(8-11)18-13(16(20)23-3)9-14(19)22-2/h4-9,18H,1-3H3. The molecule has 0 aliphatic heterocycles. The van der Waals surface area contributed by atoms with Crippen LogP contribution in [0.4, 0.5) is 5.69 Å². The molecule has 7 nitrogen and oxygen atoms in total. The van der Waals surface area contributed by atoms with Gasteiger partial charge in [0.2, 0.25) is 0 Å². The molecule has 0 radical (unpaired) electrons. The highest BCUT2D eigenvalue weighted by Crippen LogP contribution is 2.28. The van der Waals surface area contributed by atoms with Crippen molar-refractivity contribution in [3.63, 3.8) is 0 Å². The van der Waals surface area contributed by atoms with Crippen LogP contribution in [0.2, 0.25) is 0 Å². The Morgan fingerprint density at radius 1 is 1.17 bits per heavy atom. The Hall–Kier alpha value is -3.09. The summed E-state index contributed by atoms with van der Waals surface area (Å²) in [6.45, 7) is 0. The molecule has 7 heteroatoms. The zero-order valence-corrected chi connectivity index (χ0v) is 13.0. The number of ether oxygens (including phenoxy) is 3. The van der Waals surface area contributed by atoms with E-state index in [-0.39, 0.29) is 5.70 Å². The van der Waals surface area contributed by atoms with Gasteiger partial charge < -0.3 is 19.5 Å². The molecule has 0 aliphatic carbocycles. The predicted octanol–water partition coefficient (Wildman–Crippen LogP) is 1.89. The van der Waals surface area contributed by atoms with Gasteiger partial charge in [0.15, 0.2) is 0 Å². The van der Waals surface area contributed by atoms with Crippen molar-refractivity contribution in [1.29, 1.82) is 0 Å². The van der Waals surface area contributed by atoms with Gasteiger partial charge in [-0.25, -0.2) is 9.59 Å². The van der Waals surface area contributed by atoms with Gasteiger partial charge in [-0.15, -0.1) is 0 Å². The number of rotatable bonds is 5. The minimum absolute atomic E-state index is 0.0699. The summed E-state index contributed by atoms with van der Waals surface area (Å²) < 4.78 is 14.5. The van der Waals surface area contributed by atoms with Gasteiger partial charge >= 0.3 is 11.9 Å². The molecule has 0 amide bonds. The van der Waals surface area contributed by atoms with E-state index in [1.807, 2.05) is 12.1 Å². The first-order valence-electron chi connectivity index (χ1n) is 6.66. The Balaban J connectivity index is 2.51. The Morgan fingerprint density at radius 3 is 2.61 bits per heavy atom. The smallest absolute Gasteiger partial charge is 0.354 e. The van der Waals surface area contributed by atoms with Crippen LogP contribution in [0.25, 0.3) is 10.9 Å². The fraction of sp³-hybridized carbons (Fsp3) is 0.188. The second kappa shape index (κ2) is 7.26. The zero-order valence-electron chi connectivity index (χ0n) is 13.0. The molecule has 0 atom stereocenters. The molecule has 23 heavy (non-hydrogen) atoms. The number of carbonyl (C=O) groups is 2. The third-order valence-electron chi connectivity index (χ3n) is 3.05. The number of methoxy groups -OCH3 is 3. The minimum atomic E-state index is -0.706. The highest BCUT2D eigenvalue weighted by molar-refractivity contribution is 6.01. The van der Waals surface area contributed by atoms with E-state index in [2.05, 4.69) is 19.8 Å². The molecule has 1 N–H and O–H groups in total. The number of benzene rings is 1. The molecule has 0 bridgehead atoms. The summed E-state index contributed by atoms with van der Waals surface area (Å²) in [6, 6.07) is 7.13. The van der Waals surface area contributed by atoms with Crippen molar-refractivity contribution >= 4 is 28.5 Å². The lowest BCUT2D eigenvalue weighted by atomic mass is 10.1. The van der Waals surface area contributed by atoms with Crippen LogP contribution < -0.4 is 10.1 Å². The van der Waals surface area contributed by atoms with Gasteiger partial charge in [0, 0.05) is 17.6 Å². The average Bonchev–Trinajstić information content (AvgIpc) is 2.59. The van der Waals surface area contributed by atoms with Crippen molar-refractivity contribution in [2.45, 2.75) is 0 Å². The maximum Gasteiger partial charge on any atom is 0.354 e. The lowest BCUT2D eigenvalue weighted by Gasteiger charge is -2.12. The first-order chi connectivity index (χ1) is 11.1. The highest BCUT2D eigenvalue weighted by Gasteiger charge is 2.15. The summed E-state index contributed by atoms with van der Waals surface area (Å²) in [6.07, 6.45) is 2.64. The molecule has 0 fully saturated rings. The van der Waals surface area contributed by atoms with E-state index in [1.54, 1.807) is 18.3 Å². The normalized spacial score (nSPS) is 11.0. The third kappa shape index (κ3) is 3.76. The maximum absolute atomic E-state index is 11.8. The highest BCUT2D eigenvalue weighted by atomic mass is 16.5. The Bertz CT molecular complexity index is 770. The number of carbonyl (C=O) groups excluding carboxylic acids is 2. The fourth-order valence-corrected chi connectivity index (χ4v) is 1.96. The molecule has 0 saturated heterocycles. The van der Waals surface area contributed by atoms with E-state index in [4.69, 9.17) is 4.74 Å². The van der Waals surface area contributed by atoms with E-state index < -0.39 is 11.9 Å².